The van der Waals surface area contributed by atoms with E-state index in [0.29, 0.717) is 12.5 Å². The van der Waals surface area contributed by atoms with E-state index in [2.05, 4.69) is 34.3 Å². The lowest BCUT2D eigenvalue weighted by Crippen LogP contribution is -2.38. The number of aromatic nitrogens is 1. The van der Waals surface area contributed by atoms with Crippen LogP contribution in [0.5, 0.6) is 0 Å². The Morgan fingerprint density at radius 3 is 2.65 bits per heavy atom. The summed E-state index contributed by atoms with van der Waals surface area (Å²) in [4.78, 5) is 18.6. The van der Waals surface area contributed by atoms with Crippen LogP contribution < -0.4 is 5.32 Å². The van der Waals surface area contributed by atoms with Crippen LogP contribution in [0.15, 0.2) is 41.1 Å². The van der Waals surface area contributed by atoms with Gasteiger partial charge in [0.2, 0.25) is 5.91 Å². The Labute approximate surface area is 136 Å². The zero-order valence-corrected chi connectivity index (χ0v) is 13.5. The van der Waals surface area contributed by atoms with Crippen LogP contribution in [0.4, 0.5) is 5.69 Å². The Bertz CT molecular complexity index is 614. The summed E-state index contributed by atoms with van der Waals surface area (Å²) in [5.41, 5.74) is 2.14. The smallest absolute Gasteiger partial charge is 0.238 e. The Hall–Kier alpha value is -2.14. The average Bonchev–Trinajstić information content (AvgIpc) is 3.11. The first kappa shape index (κ1) is 15.7. The fourth-order valence-electron chi connectivity index (χ4n) is 3.00. The van der Waals surface area contributed by atoms with Crippen LogP contribution in [0.25, 0.3) is 0 Å². The summed E-state index contributed by atoms with van der Waals surface area (Å²) in [5, 5.41) is 2.97. The summed E-state index contributed by atoms with van der Waals surface area (Å²) in [6, 6.07) is 8.03. The highest BCUT2D eigenvalue weighted by Crippen LogP contribution is 2.26. The number of piperidine rings is 1. The maximum absolute atomic E-state index is 12.2. The van der Waals surface area contributed by atoms with Gasteiger partial charge in [-0.15, -0.1) is 0 Å². The second kappa shape index (κ2) is 7.42. The Kier molecular flexibility index (Phi) is 5.08. The molecule has 2 aromatic rings. The molecular weight excluding hydrogens is 290 g/mol. The lowest BCUT2D eigenvalue weighted by atomic mass is 9.97. The quantitative estimate of drug-likeness (QED) is 0.921. The van der Waals surface area contributed by atoms with Crippen molar-refractivity contribution >= 4 is 11.6 Å². The van der Waals surface area contributed by atoms with Crippen molar-refractivity contribution in [2.45, 2.75) is 32.1 Å². The largest absolute Gasteiger partial charge is 0.449 e. The molecule has 23 heavy (non-hydrogen) atoms. The van der Waals surface area contributed by atoms with E-state index in [-0.39, 0.29) is 5.91 Å². The molecule has 1 N–H and O–H groups in total. The number of aryl methyl sites for hydroxylation is 1. The summed E-state index contributed by atoms with van der Waals surface area (Å²) >= 11 is 0. The van der Waals surface area contributed by atoms with E-state index in [1.807, 2.05) is 12.1 Å². The molecular formula is C18H23N3O2. The van der Waals surface area contributed by atoms with Crippen LogP contribution in [0.2, 0.25) is 0 Å². The van der Waals surface area contributed by atoms with E-state index >= 15 is 0 Å². The Morgan fingerprint density at radius 1 is 1.30 bits per heavy atom. The van der Waals surface area contributed by atoms with Crippen molar-refractivity contribution in [1.82, 2.24) is 9.88 Å². The third kappa shape index (κ3) is 4.20. The van der Waals surface area contributed by atoms with Crippen molar-refractivity contribution < 1.29 is 9.21 Å². The molecule has 3 rings (SSSR count). The SMILES string of the molecule is CCc1ccc(NC(=O)CN2CCC(c3ncco3)CC2)cc1. The summed E-state index contributed by atoms with van der Waals surface area (Å²) in [5.74, 6) is 1.25. The third-order valence-corrected chi connectivity index (χ3v) is 4.40. The van der Waals surface area contributed by atoms with Crippen molar-refractivity contribution in [3.63, 3.8) is 0 Å². The van der Waals surface area contributed by atoms with Crippen LogP contribution in [-0.4, -0.2) is 35.4 Å². The first-order chi connectivity index (χ1) is 11.2. The lowest BCUT2D eigenvalue weighted by molar-refractivity contribution is -0.117. The number of carbonyl (C=O) groups is 1. The minimum Gasteiger partial charge on any atom is -0.449 e. The zero-order valence-electron chi connectivity index (χ0n) is 13.5. The highest BCUT2D eigenvalue weighted by Gasteiger charge is 2.24. The molecule has 1 saturated heterocycles. The molecule has 122 valence electrons. The molecule has 5 heteroatoms. The van der Waals surface area contributed by atoms with Crippen molar-refractivity contribution in [1.29, 1.82) is 0 Å². The van der Waals surface area contributed by atoms with Crippen LogP contribution in [-0.2, 0) is 11.2 Å². The van der Waals surface area contributed by atoms with Gasteiger partial charge in [-0.25, -0.2) is 4.98 Å². The summed E-state index contributed by atoms with van der Waals surface area (Å²) in [6.45, 7) is 4.35. The maximum Gasteiger partial charge on any atom is 0.238 e. The molecule has 0 aliphatic carbocycles. The van der Waals surface area contributed by atoms with Gasteiger partial charge >= 0.3 is 0 Å². The van der Waals surface area contributed by atoms with Crippen molar-refractivity contribution in [3.05, 3.63) is 48.2 Å². The molecule has 0 spiro atoms. The first-order valence-electron chi connectivity index (χ1n) is 8.25. The van der Waals surface area contributed by atoms with Gasteiger partial charge in [0.15, 0.2) is 5.89 Å². The molecule has 0 saturated carbocycles. The van der Waals surface area contributed by atoms with Gasteiger partial charge in [0.1, 0.15) is 6.26 Å². The highest BCUT2D eigenvalue weighted by atomic mass is 16.3. The fourth-order valence-corrected chi connectivity index (χ4v) is 3.00. The normalized spacial score (nSPS) is 16.4. The summed E-state index contributed by atoms with van der Waals surface area (Å²) in [7, 11) is 0. The highest BCUT2D eigenvalue weighted by molar-refractivity contribution is 5.92. The van der Waals surface area contributed by atoms with E-state index < -0.39 is 0 Å². The van der Waals surface area contributed by atoms with Crippen LogP contribution in [0.3, 0.4) is 0 Å². The van der Waals surface area contributed by atoms with Gasteiger partial charge in [-0.2, -0.15) is 0 Å². The molecule has 1 aliphatic rings. The van der Waals surface area contributed by atoms with Gasteiger partial charge in [0, 0.05) is 11.6 Å². The topological polar surface area (TPSA) is 58.4 Å². The number of hydrogen-bond donors (Lipinski definition) is 1. The molecule has 0 radical (unpaired) electrons. The zero-order chi connectivity index (χ0) is 16.1. The monoisotopic (exact) mass is 313 g/mol. The molecule has 0 bridgehead atoms. The minimum atomic E-state index is 0.0452. The molecule has 1 aromatic carbocycles. The average molecular weight is 313 g/mol. The van der Waals surface area contributed by atoms with Crippen LogP contribution in [0.1, 0.15) is 37.1 Å². The number of amides is 1. The number of rotatable bonds is 5. The van der Waals surface area contributed by atoms with Crippen molar-refractivity contribution in [2.75, 3.05) is 25.0 Å². The number of carbonyl (C=O) groups excluding carboxylic acids is 1. The molecule has 0 atom stereocenters. The van der Waals surface area contributed by atoms with E-state index in [1.54, 1.807) is 12.5 Å². The second-order valence-corrected chi connectivity index (χ2v) is 6.02. The van der Waals surface area contributed by atoms with Gasteiger partial charge in [-0.05, 0) is 50.0 Å². The van der Waals surface area contributed by atoms with Gasteiger partial charge in [0.25, 0.3) is 0 Å². The molecule has 0 unspecified atom stereocenters. The minimum absolute atomic E-state index is 0.0452. The fraction of sp³-hybridized carbons (Fsp3) is 0.444. The number of hydrogen-bond acceptors (Lipinski definition) is 4. The van der Waals surface area contributed by atoms with Gasteiger partial charge < -0.3 is 9.73 Å². The number of benzene rings is 1. The first-order valence-corrected chi connectivity index (χ1v) is 8.25. The van der Waals surface area contributed by atoms with Gasteiger partial charge in [-0.3, -0.25) is 9.69 Å². The van der Waals surface area contributed by atoms with Crippen molar-refractivity contribution in [2.24, 2.45) is 0 Å². The lowest BCUT2D eigenvalue weighted by Gasteiger charge is -2.29. The number of anilines is 1. The number of nitrogens with one attached hydrogen (secondary N) is 1. The predicted molar refractivity (Wildman–Crippen MR) is 89.4 cm³/mol. The summed E-state index contributed by atoms with van der Waals surface area (Å²) < 4.78 is 5.38. The van der Waals surface area contributed by atoms with Crippen LogP contribution >= 0.6 is 0 Å². The summed E-state index contributed by atoms with van der Waals surface area (Å²) in [6.07, 6.45) is 6.30. The van der Waals surface area contributed by atoms with E-state index in [0.717, 1.165) is 43.9 Å². The Morgan fingerprint density at radius 2 is 2.04 bits per heavy atom. The molecule has 1 aliphatic heterocycles. The van der Waals surface area contributed by atoms with Crippen LogP contribution in [0, 0.1) is 0 Å². The third-order valence-electron chi connectivity index (χ3n) is 4.40. The molecule has 1 fully saturated rings. The molecule has 5 nitrogen and oxygen atoms in total. The number of oxazole rings is 1. The van der Waals surface area contributed by atoms with E-state index in [4.69, 9.17) is 4.42 Å². The standard InChI is InChI=1S/C18H23N3O2/c1-2-14-3-5-16(6-4-14)20-17(22)13-21-10-7-15(8-11-21)18-19-9-12-23-18/h3-6,9,12,15H,2,7-8,10-11,13H2,1H3,(H,20,22). The predicted octanol–water partition coefficient (Wildman–Crippen LogP) is 3.06. The molecule has 1 aromatic heterocycles. The molecule has 1 amide bonds. The van der Waals surface area contributed by atoms with E-state index in [9.17, 15) is 4.79 Å². The van der Waals surface area contributed by atoms with E-state index in [1.165, 1.54) is 5.56 Å². The number of nitrogens with zero attached hydrogens (tertiary/aromatic N) is 2. The number of likely N-dealkylation sites (tertiary alicyclic amines) is 1. The van der Waals surface area contributed by atoms with Gasteiger partial charge in [0.05, 0.1) is 12.7 Å². The van der Waals surface area contributed by atoms with Gasteiger partial charge in [-0.1, -0.05) is 19.1 Å². The van der Waals surface area contributed by atoms with Crippen molar-refractivity contribution in [3.8, 4) is 0 Å². The second-order valence-electron chi connectivity index (χ2n) is 6.02. The Balaban J connectivity index is 1.45. The maximum atomic E-state index is 12.2. The molecule has 2 heterocycles.